The minimum absolute atomic E-state index is 0.0690. The Hall–Kier alpha value is -4.74. The first-order valence-corrected chi connectivity index (χ1v) is 24.6. The lowest BCUT2D eigenvalue weighted by Crippen LogP contribution is -2.60. The van der Waals surface area contributed by atoms with Crippen molar-refractivity contribution >= 4 is 39.6 Å². The molecule has 2 aromatic rings. The lowest BCUT2D eigenvalue weighted by atomic mass is 9.94. The van der Waals surface area contributed by atoms with Crippen molar-refractivity contribution in [3.8, 4) is 5.75 Å². The smallest absolute Gasteiger partial charge is 0.264 e. The number of carbonyl (C=O) groups excluding carboxylic acids is 4. The van der Waals surface area contributed by atoms with Crippen LogP contribution in [0.3, 0.4) is 0 Å². The van der Waals surface area contributed by atoms with E-state index in [1.807, 2.05) is 71.9 Å². The maximum Gasteiger partial charge on any atom is 0.264 e. The summed E-state index contributed by atoms with van der Waals surface area (Å²) in [6.45, 7) is 20.7. The zero-order valence-electron chi connectivity index (χ0n) is 40.7. The summed E-state index contributed by atoms with van der Waals surface area (Å²) in [5.41, 5.74) is 14.8. The minimum atomic E-state index is -4.09. The molecular weight excluding hydrogens is 849 g/mol. The zero-order valence-corrected chi connectivity index (χ0v) is 41.6. The van der Waals surface area contributed by atoms with Crippen molar-refractivity contribution in [1.29, 1.82) is 0 Å². The molecule has 4 atom stereocenters. The van der Waals surface area contributed by atoms with Gasteiger partial charge >= 0.3 is 0 Å². The molecule has 364 valence electrons. The fourth-order valence-electron chi connectivity index (χ4n) is 7.65. The molecule has 17 heteroatoms. The van der Waals surface area contributed by atoms with Crippen LogP contribution in [-0.4, -0.2) is 93.1 Å². The van der Waals surface area contributed by atoms with E-state index in [0.29, 0.717) is 29.8 Å². The van der Waals surface area contributed by atoms with Gasteiger partial charge in [-0.15, -0.1) is 0 Å². The van der Waals surface area contributed by atoms with Gasteiger partial charge in [0.25, 0.3) is 10.0 Å². The molecule has 0 aliphatic carbocycles. The van der Waals surface area contributed by atoms with E-state index in [9.17, 15) is 27.6 Å². The number of nitrogens with zero attached hydrogens (tertiary/aromatic N) is 1. The van der Waals surface area contributed by atoms with E-state index in [-0.39, 0.29) is 49.2 Å². The van der Waals surface area contributed by atoms with Gasteiger partial charge in [-0.1, -0.05) is 83.2 Å². The van der Waals surface area contributed by atoms with Gasteiger partial charge in [0, 0.05) is 31.5 Å². The number of nitrogens with two attached hydrogens (primary N) is 2. The van der Waals surface area contributed by atoms with Crippen molar-refractivity contribution in [3.05, 3.63) is 58.1 Å². The molecule has 0 unspecified atom stereocenters. The first-order chi connectivity index (χ1) is 30.4. The monoisotopic (exact) mass is 927 g/mol. The van der Waals surface area contributed by atoms with E-state index in [1.54, 1.807) is 27.7 Å². The van der Waals surface area contributed by atoms with Gasteiger partial charge < -0.3 is 42.2 Å². The molecule has 1 heterocycles. The highest BCUT2D eigenvalue weighted by molar-refractivity contribution is 7.90. The minimum Gasteiger partial charge on any atom is -0.487 e. The number of fused-ring (bicyclic) bond motifs is 1. The number of hydrogen-bond acceptors (Lipinski definition) is 10. The van der Waals surface area contributed by atoms with E-state index in [2.05, 4.69) is 37.9 Å². The molecule has 0 saturated carbocycles. The van der Waals surface area contributed by atoms with Crippen LogP contribution in [0.15, 0.2) is 40.2 Å². The zero-order chi connectivity index (χ0) is 48.7. The number of aliphatic imine (C=N–C) groups is 1. The highest BCUT2D eigenvalue weighted by atomic mass is 32.2. The Balaban J connectivity index is 1.64. The highest BCUT2D eigenvalue weighted by Gasteiger charge is 2.37. The summed E-state index contributed by atoms with van der Waals surface area (Å²) in [6.07, 6.45) is 7.63. The molecule has 2 aromatic carbocycles. The molecule has 1 aliphatic rings. The Bertz CT molecular complexity index is 2070. The number of guanidine groups is 1. The second kappa shape index (κ2) is 24.7. The molecule has 0 fully saturated rings. The van der Waals surface area contributed by atoms with Crippen molar-refractivity contribution in [2.24, 2.45) is 22.4 Å². The molecule has 4 amide bonds. The third-order valence-corrected chi connectivity index (χ3v) is 13.0. The predicted molar refractivity (Wildman–Crippen MR) is 256 cm³/mol. The maximum atomic E-state index is 14.0. The third kappa shape index (κ3) is 17.2. The molecule has 16 nitrogen and oxygen atoms in total. The van der Waals surface area contributed by atoms with Crippen molar-refractivity contribution in [1.82, 2.24) is 26.0 Å². The second-order valence-electron chi connectivity index (χ2n) is 19.2. The van der Waals surface area contributed by atoms with Gasteiger partial charge in [-0.05, 0) is 103 Å². The first kappa shape index (κ1) is 54.6. The number of rotatable bonds is 25. The lowest BCUT2D eigenvalue weighted by Gasteiger charge is -2.29. The fourth-order valence-corrected chi connectivity index (χ4v) is 9.18. The Morgan fingerprint density at radius 3 is 2.11 bits per heavy atom. The fraction of sp³-hybridized carbons (Fsp3) is 0.646. The van der Waals surface area contributed by atoms with Crippen LogP contribution in [0, 0.1) is 26.7 Å². The van der Waals surface area contributed by atoms with E-state index in [4.69, 9.17) is 20.9 Å². The third-order valence-electron chi connectivity index (χ3n) is 11.4. The number of amides is 4. The van der Waals surface area contributed by atoms with Crippen molar-refractivity contribution in [3.63, 3.8) is 0 Å². The molecular formula is C48H78N8O8S. The normalized spacial score (nSPS) is 15.6. The molecule has 9 N–H and O–H groups in total. The van der Waals surface area contributed by atoms with Crippen LogP contribution in [0.25, 0.3) is 0 Å². The predicted octanol–water partition coefficient (Wildman–Crippen LogP) is 4.67. The van der Waals surface area contributed by atoms with Crippen LogP contribution < -0.4 is 42.2 Å². The average Bonchev–Trinajstić information content (AvgIpc) is 3.56. The van der Waals surface area contributed by atoms with Crippen molar-refractivity contribution < 1.29 is 37.1 Å². The van der Waals surface area contributed by atoms with Gasteiger partial charge in [0.2, 0.25) is 29.6 Å². The second-order valence-corrected chi connectivity index (χ2v) is 20.8. The molecule has 1 aliphatic heterocycles. The van der Waals surface area contributed by atoms with Gasteiger partial charge in [0.15, 0.2) is 0 Å². The number of ether oxygens (including phenoxy) is 2. The molecule has 0 spiro atoms. The lowest BCUT2D eigenvalue weighted by molar-refractivity contribution is -0.137. The standard InChI is InChI=1S/C48H78N8O8S/c1-12-13-14-15-16-20-25-51-43(58)37(27-34-22-18-17-19-23-34)53-44(59)38(29-63-47(7,8)9)54-45(60)39(30(2)3)55-42(57)36(49)24-21-26-52-46(50)56-65(61,62)41-32(5)31(4)40-35(33(41)6)28-48(10,11)64-40/h17-19,22-23,30,36-39H,12-16,20-21,24-29,49H2,1-11H3,(H,51,58)(H,53,59)(H,54,60)(H,55,57)(H3,50,52,56)/t36-,37-,38-,39-/m0/s1. The van der Waals surface area contributed by atoms with Gasteiger partial charge in [-0.3, -0.25) is 24.2 Å². The van der Waals surface area contributed by atoms with E-state index in [1.165, 1.54) is 6.42 Å². The maximum absolute atomic E-state index is 14.0. The van der Waals surface area contributed by atoms with E-state index >= 15 is 0 Å². The summed E-state index contributed by atoms with van der Waals surface area (Å²) < 4.78 is 41.6. The average molecular weight is 927 g/mol. The topological polar surface area (TPSA) is 245 Å². The summed E-state index contributed by atoms with van der Waals surface area (Å²) in [5.74, 6) is -2.17. The summed E-state index contributed by atoms with van der Waals surface area (Å²) in [6, 6.07) is 5.11. The van der Waals surface area contributed by atoms with Crippen LogP contribution >= 0.6 is 0 Å². The van der Waals surface area contributed by atoms with Crippen molar-refractivity contribution in [2.45, 2.75) is 181 Å². The Kier molecular flexibility index (Phi) is 20.7. The van der Waals surface area contributed by atoms with Gasteiger partial charge in [0.1, 0.15) is 29.5 Å². The van der Waals surface area contributed by atoms with Crippen LogP contribution in [0.4, 0.5) is 0 Å². The number of unbranched alkanes of at least 4 members (excludes halogenated alkanes) is 5. The van der Waals surface area contributed by atoms with Crippen LogP contribution in [-0.2, 0) is 46.8 Å². The number of benzene rings is 2. The van der Waals surface area contributed by atoms with Crippen molar-refractivity contribution in [2.75, 3.05) is 19.7 Å². The number of nitrogens with one attached hydrogen (secondary N) is 5. The van der Waals surface area contributed by atoms with Gasteiger partial charge in [0.05, 0.1) is 23.1 Å². The Morgan fingerprint density at radius 2 is 1.48 bits per heavy atom. The molecule has 0 aromatic heterocycles. The number of hydrogen-bond donors (Lipinski definition) is 7. The quantitative estimate of drug-likeness (QED) is 0.0412. The summed E-state index contributed by atoms with van der Waals surface area (Å²) in [5, 5.41) is 11.3. The summed E-state index contributed by atoms with van der Waals surface area (Å²) >= 11 is 0. The SMILES string of the molecule is CCCCCCCCNC(=O)[C@H](Cc1ccccc1)NC(=O)[C@H](COC(C)(C)C)NC(=O)[C@@H](NC(=O)[C@@H](N)CCCN=C(N)NS(=O)(=O)c1c(C)c(C)c2c(c1C)CC(C)(C)O2)C(C)C. The van der Waals surface area contributed by atoms with Crippen LogP contribution in [0.5, 0.6) is 5.75 Å². The largest absolute Gasteiger partial charge is 0.487 e. The van der Waals surface area contributed by atoms with E-state index in [0.717, 1.165) is 48.8 Å². The van der Waals surface area contributed by atoms with Crippen LogP contribution in [0.1, 0.15) is 135 Å². The first-order valence-electron chi connectivity index (χ1n) is 23.1. The van der Waals surface area contributed by atoms with Gasteiger partial charge in [-0.25, -0.2) is 13.1 Å². The molecule has 65 heavy (non-hydrogen) atoms. The molecule has 0 bridgehead atoms. The molecule has 0 radical (unpaired) electrons. The van der Waals surface area contributed by atoms with E-state index < -0.39 is 69.0 Å². The highest BCUT2D eigenvalue weighted by Crippen LogP contribution is 2.43. The summed E-state index contributed by atoms with van der Waals surface area (Å²) in [7, 11) is -4.09. The number of carbonyl (C=O) groups is 4. The summed E-state index contributed by atoms with van der Waals surface area (Å²) in [4.78, 5) is 59.1. The van der Waals surface area contributed by atoms with Crippen LogP contribution in [0.2, 0.25) is 0 Å². The number of sulfonamides is 1. The molecule has 0 saturated heterocycles. The molecule has 3 rings (SSSR count). The van der Waals surface area contributed by atoms with Gasteiger partial charge in [-0.2, -0.15) is 0 Å². The Morgan fingerprint density at radius 1 is 0.846 bits per heavy atom. The Labute approximate surface area is 388 Å².